The molecule has 5 rings (SSSR count). The van der Waals surface area contributed by atoms with Crippen LogP contribution in [0.5, 0.6) is 0 Å². The summed E-state index contributed by atoms with van der Waals surface area (Å²) < 4.78 is 0. The summed E-state index contributed by atoms with van der Waals surface area (Å²) in [6.45, 7) is 2.45. The van der Waals surface area contributed by atoms with Crippen LogP contribution in [0.3, 0.4) is 0 Å². The molecule has 0 radical (unpaired) electrons. The number of piperazine rings is 1. The van der Waals surface area contributed by atoms with Crippen LogP contribution in [0.4, 0.5) is 5.69 Å². The Morgan fingerprint density at radius 3 is 2.09 bits per heavy atom. The van der Waals surface area contributed by atoms with Gasteiger partial charge in [0.25, 0.3) is 5.91 Å². The van der Waals surface area contributed by atoms with Crippen molar-refractivity contribution >= 4 is 17.5 Å². The Kier molecular flexibility index (Phi) is 5.82. The maximum Gasteiger partial charge on any atom is 0.272 e. The number of hydrogen-bond donors (Lipinski definition) is 2. The van der Waals surface area contributed by atoms with E-state index < -0.39 is 5.91 Å². The molecule has 3 aromatic carbocycles. The van der Waals surface area contributed by atoms with Crippen molar-refractivity contribution in [2.24, 2.45) is 5.73 Å². The van der Waals surface area contributed by atoms with Gasteiger partial charge in [0.2, 0.25) is 5.91 Å². The number of H-pyrrole nitrogens is 1. The summed E-state index contributed by atoms with van der Waals surface area (Å²) in [7, 11) is 0. The van der Waals surface area contributed by atoms with Crippen molar-refractivity contribution in [1.82, 2.24) is 14.9 Å². The van der Waals surface area contributed by atoms with Gasteiger partial charge in [0.15, 0.2) is 0 Å². The third kappa shape index (κ3) is 4.28. The number of nitrogens with zero attached hydrogens (tertiary/aromatic N) is 3. The molecule has 1 fully saturated rings. The van der Waals surface area contributed by atoms with Crippen LogP contribution in [-0.4, -0.2) is 52.9 Å². The number of imidazole rings is 1. The Hall–Kier alpha value is -4.39. The average molecular weight is 452 g/mol. The smallest absolute Gasteiger partial charge is 0.272 e. The second kappa shape index (κ2) is 9.23. The first-order chi connectivity index (χ1) is 16.6. The van der Waals surface area contributed by atoms with E-state index in [0.717, 1.165) is 16.8 Å². The van der Waals surface area contributed by atoms with Gasteiger partial charge in [-0.3, -0.25) is 9.59 Å². The van der Waals surface area contributed by atoms with E-state index in [-0.39, 0.29) is 5.91 Å². The van der Waals surface area contributed by atoms with Gasteiger partial charge in [0, 0.05) is 48.6 Å². The Morgan fingerprint density at radius 2 is 1.44 bits per heavy atom. The summed E-state index contributed by atoms with van der Waals surface area (Å²) >= 11 is 0. The van der Waals surface area contributed by atoms with Gasteiger partial charge in [0.05, 0.1) is 0 Å². The highest BCUT2D eigenvalue weighted by Gasteiger charge is 2.27. The number of rotatable bonds is 5. The molecule has 2 heterocycles. The molecule has 4 aromatic rings. The molecular weight excluding hydrogens is 426 g/mol. The highest BCUT2D eigenvalue weighted by Crippen LogP contribution is 2.28. The van der Waals surface area contributed by atoms with Crippen LogP contribution in [0.25, 0.3) is 22.6 Å². The van der Waals surface area contributed by atoms with E-state index in [2.05, 4.69) is 9.88 Å². The standard InChI is InChI=1S/C27H25N5O2/c28-25(33)21-12-7-13-22(18-21)31-14-16-32(17-15-31)27(34)24-23(19-8-3-1-4-9-19)29-26(30-24)20-10-5-2-6-11-20/h1-13,18H,14-17H2,(H2,28,33)(H,29,30). The number of carbonyl (C=O) groups excluding carboxylic acids is 2. The number of anilines is 1. The Balaban J connectivity index is 1.39. The molecule has 0 atom stereocenters. The minimum atomic E-state index is -0.447. The van der Waals surface area contributed by atoms with Gasteiger partial charge in [-0.1, -0.05) is 66.7 Å². The van der Waals surface area contributed by atoms with Crippen LogP contribution in [0.15, 0.2) is 84.9 Å². The number of carbonyl (C=O) groups is 2. The lowest BCUT2D eigenvalue weighted by atomic mass is 10.1. The lowest BCUT2D eigenvalue weighted by Gasteiger charge is -2.36. The normalized spacial score (nSPS) is 13.6. The quantitative estimate of drug-likeness (QED) is 0.482. The van der Waals surface area contributed by atoms with Crippen molar-refractivity contribution in [3.8, 4) is 22.6 Å². The van der Waals surface area contributed by atoms with Crippen LogP contribution in [0, 0.1) is 0 Å². The number of nitrogens with two attached hydrogens (primary N) is 1. The molecular formula is C27H25N5O2. The van der Waals surface area contributed by atoms with Gasteiger partial charge >= 0.3 is 0 Å². The van der Waals surface area contributed by atoms with Crippen molar-refractivity contribution in [2.45, 2.75) is 0 Å². The molecule has 0 spiro atoms. The number of hydrogen-bond acceptors (Lipinski definition) is 4. The fourth-order valence-electron chi connectivity index (χ4n) is 4.25. The summed E-state index contributed by atoms with van der Waals surface area (Å²) in [5, 5.41) is 0. The molecule has 0 aliphatic carbocycles. The fraction of sp³-hybridized carbons (Fsp3) is 0.148. The Labute approximate surface area is 197 Å². The molecule has 34 heavy (non-hydrogen) atoms. The van der Waals surface area contributed by atoms with E-state index >= 15 is 0 Å². The molecule has 1 aliphatic heterocycles. The van der Waals surface area contributed by atoms with Gasteiger partial charge in [0.1, 0.15) is 17.2 Å². The number of primary amides is 1. The van der Waals surface area contributed by atoms with Crippen molar-refractivity contribution in [3.05, 3.63) is 96.2 Å². The predicted octanol–water partition coefficient (Wildman–Crippen LogP) is 3.81. The topological polar surface area (TPSA) is 95.3 Å². The summed E-state index contributed by atoms with van der Waals surface area (Å²) in [6, 6.07) is 26.9. The summed E-state index contributed by atoms with van der Waals surface area (Å²) in [5.74, 6) is 0.154. The minimum Gasteiger partial charge on any atom is -0.368 e. The zero-order valence-electron chi connectivity index (χ0n) is 18.6. The summed E-state index contributed by atoms with van der Waals surface area (Å²) in [5.41, 5.74) is 9.81. The van der Waals surface area contributed by atoms with Crippen molar-refractivity contribution < 1.29 is 9.59 Å². The summed E-state index contributed by atoms with van der Waals surface area (Å²) in [4.78, 5) is 37.2. The van der Waals surface area contributed by atoms with Crippen LogP contribution >= 0.6 is 0 Å². The first-order valence-corrected chi connectivity index (χ1v) is 11.2. The van der Waals surface area contributed by atoms with Crippen molar-refractivity contribution in [2.75, 3.05) is 31.1 Å². The third-order valence-corrected chi connectivity index (χ3v) is 6.07. The number of benzene rings is 3. The molecule has 0 saturated carbocycles. The molecule has 3 N–H and O–H groups in total. The lowest BCUT2D eigenvalue weighted by Crippen LogP contribution is -2.49. The van der Waals surface area contributed by atoms with E-state index in [1.807, 2.05) is 77.7 Å². The first kappa shape index (κ1) is 21.5. The van der Waals surface area contributed by atoms with E-state index in [1.165, 1.54) is 0 Å². The van der Waals surface area contributed by atoms with E-state index in [9.17, 15) is 9.59 Å². The maximum absolute atomic E-state index is 13.6. The molecule has 7 heteroatoms. The average Bonchev–Trinajstić information content (AvgIpc) is 3.35. The first-order valence-electron chi connectivity index (χ1n) is 11.2. The van der Waals surface area contributed by atoms with E-state index in [1.54, 1.807) is 12.1 Å². The SMILES string of the molecule is NC(=O)c1cccc(N2CCN(C(=O)c3[nH]c(-c4ccccc4)nc3-c3ccccc3)CC2)c1. The van der Waals surface area contributed by atoms with Crippen molar-refractivity contribution in [1.29, 1.82) is 0 Å². The van der Waals surface area contributed by atoms with Gasteiger partial charge in [-0.25, -0.2) is 4.98 Å². The van der Waals surface area contributed by atoms with Gasteiger partial charge in [-0.15, -0.1) is 0 Å². The highest BCUT2D eigenvalue weighted by atomic mass is 16.2. The second-order valence-electron chi connectivity index (χ2n) is 8.23. The molecule has 1 aliphatic rings. The predicted molar refractivity (Wildman–Crippen MR) is 133 cm³/mol. The van der Waals surface area contributed by atoms with E-state index in [0.29, 0.717) is 49.0 Å². The fourth-order valence-corrected chi connectivity index (χ4v) is 4.25. The summed E-state index contributed by atoms with van der Waals surface area (Å²) in [6.07, 6.45) is 0. The largest absolute Gasteiger partial charge is 0.368 e. The highest BCUT2D eigenvalue weighted by molar-refractivity contribution is 5.99. The Morgan fingerprint density at radius 1 is 0.794 bits per heavy atom. The van der Waals surface area contributed by atoms with E-state index in [4.69, 9.17) is 10.7 Å². The zero-order valence-corrected chi connectivity index (χ0v) is 18.6. The molecule has 0 unspecified atom stereocenters. The number of aromatic amines is 1. The molecule has 7 nitrogen and oxygen atoms in total. The lowest BCUT2D eigenvalue weighted by molar-refractivity contribution is 0.0742. The molecule has 1 saturated heterocycles. The van der Waals surface area contributed by atoms with Gasteiger partial charge in [-0.2, -0.15) is 0 Å². The van der Waals surface area contributed by atoms with Gasteiger partial charge in [-0.05, 0) is 18.2 Å². The third-order valence-electron chi connectivity index (χ3n) is 6.07. The molecule has 1 aromatic heterocycles. The second-order valence-corrected chi connectivity index (χ2v) is 8.23. The number of aromatic nitrogens is 2. The van der Waals surface area contributed by atoms with Crippen LogP contribution in [0.1, 0.15) is 20.8 Å². The van der Waals surface area contributed by atoms with Crippen molar-refractivity contribution in [3.63, 3.8) is 0 Å². The molecule has 0 bridgehead atoms. The molecule has 2 amide bonds. The maximum atomic E-state index is 13.6. The van der Waals surface area contributed by atoms with Crippen LogP contribution in [0.2, 0.25) is 0 Å². The van der Waals surface area contributed by atoms with Crippen LogP contribution in [-0.2, 0) is 0 Å². The number of amides is 2. The molecule has 170 valence electrons. The van der Waals surface area contributed by atoms with Crippen LogP contribution < -0.4 is 10.6 Å². The zero-order chi connectivity index (χ0) is 23.5. The minimum absolute atomic E-state index is 0.0703. The monoisotopic (exact) mass is 451 g/mol. The Bertz CT molecular complexity index is 1310. The number of nitrogens with one attached hydrogen (secondary N) is 1. The van der Waals surface area contributed by atoms with Gasteiger partial charge < -0.3 is 20.5 Å².